The van der Waals surface area contributed by atoms with Crippen molar-refractivity contribution >= 4 is 22.2 Å². The van der Waals surface area contributed by atoms with Gasteiger partial charge in [-0.1, -0.05) is 30.3 Å². The van der Waals surface area contributed by atoms with Crippen LogP contribution in [0.1, 0.15) is 41.5 Å². The van der Waals surface area contributed by atoms with Crippen molar-refractivity contribution in [1.29, 1.82) is 0 Å². The first-order valence-corrected chi connectivity index (χ1v) is 9.23. The van der Waals surface area contributed by atoms with Crippen LogP contribution in [-0.4, -0.2) is 8.76 Å². The zero-order chi connectivity index (χ0) is 17.1. The Hall–Kier alpha value is -1.82. The number of benzene rings is 2. The van der Waals surface area contributed by atoms with Crippen LogP contribution in [0.3, 0.4) is 0 Å². The molecule has 0 aliphatic heterocycles. The molecule has 1 aliphatic rings. The summed E-state index contributed by atoms with van der Waals surface area (Å²) in [6, 6.07) is 12.6. The van der Waals surface area contributed by atoms with Crippen molar-refractivity contribution in [3.63, 3.8) is 0 Å². The average molecular weight is 345 g/mol. The zero-order valence-corrected chi connectivity index (χ0v) is 14.1. The number of nitrogens with two attached hydrogens (primary N) is 1. The molecule has 2 aromatic rings. The SMILES string of the molecule is NCc1cc(F)ccc1C1=C(c2ccc(CS(=O)O)cc2)CCC1. The Morgan fingerprint density at radius 1 is 1.08 bits per heavy atom. The third-order valence-electron chi connectivity index (χ3n) is 4.42. The van der Waals surface area contributed by atoms with Crippen LogP contribution >= 0.6 is 0 Å². The third-order valence-corrected chi connectivity index (χ3v) is 5.00. The quantitative estimate of drug-likeness (QED) is 0.802. The smallest absolute Gasteiger partial charge is 0.157 e. The first-order valence-electron chi connectivity index (χ1n) is 7.96. The van der Waals surface area contributed by atoms with Gasteiger partial charge in [-0.2, -0.15) is 0 Å². The maximum absolute atomic E-state index is 13.5. The summed E-state index contributed by atoms with van der Waals surface area (Å²) in [6.45, 7) is 0.311. The molecule has 24 heavy (non-hydrogen) atoms. The van der Waals surface area contributed by atoms with Crippen LogP contribution in [-0.2, 0) is 23.4 Å². The molecule has 0 saturated carbocycles. The van der Waals surface area contributed by atoms with Crippen molar-refractivity contribution in [2.24, 2.45) is 5.73 Å². The highest BCUT2D eigenvalue weighted by molar-refractivity contribution is 7.78. The molecule has 0 saturated heterocycles. The van der Waals surface area contributed by atoms with Crippen molar-refractivity contribution < 1.29 is 13.2 Å². The Morgan fingerprint density at radius 3 is 2.46 bits per heavy atom. The highest BCUT2D eigenvalue weighted by Gasteiger charge is 2.19. The summed E-state index contributed by atoms with van der Waals surface area (Å²) >= 11 is -1.83. The van der Waals surface area contributed by atoms with Gasteiger partial charge >= 0.3 is 0 Å². The fraction of sp³-hybridized carbons (Fsp3) is 0.263. The predicted molar refractivity (Wildman–Crippen MR) is 95.9 cm³/mol. The van der Waals surface area contributed by atoms with E-state index < -0.39 is 11.1 Å². The normalized spacial score (nSPS) is 15.8. The van der Waals surface area contributed by atoms with E-state index in [2.05, 4.69) is 0 Å². The molecule has 2 aromatic carbocycles. The molecule has 0 amide bonds. The van der Waals surface area contributed by atoms with E-state index in [9.17, 15) is 8.60 Å². The van der Waals surface area contributed by atoms with E-state index in [-0.39, 0.29) is 11.6 Å². The van der Waals surface area contributed by atoms with Crippen LogP contribution in [0.15, 0.2) is 42.5 Å². The van der Waals surface area contributed by atoms with Crippen LogP contribution in [0.4, 0.5) is 4.39 Å². The number of hydrogen-bond acceptors (Lipinski definition) is 2. The van der Waals surface area contributed by atoms with Gasteiger partial charge in [-0.15, -0.1) is 0 Å². The lowest BCUT2D eigenvalue weighted by molar-refractivity contribution is 0.563. The van der Waals surface area contributed by atoms with Gasteiger partial charge in [-0.05, 0) is 64.8 Å². The molecule has 126 valence electrons. The molecule has 0 spiro atoms. The largest absolute Gasteiger partial charge is 0.326 e. The first-order chi connectivity index (χ1) is 11.6. The van der Waals surface area contributed by atoms with Crippen LogP contribution in [0.2, 0.25) is 0 Å². The van der Waals surface area contributed by atoms with Gasteiger partial charge < -0.3 is 10.3 Å². The minimum Gasteiger partial charge on any atom is -0.326 e. The third kappa shape index (κ3) is 3.64. The summed E-state index contributed by atoms with van der Waals surface area (Å²) in [7, 11) is 0. The number of allylic oxidation sites excluding steroid dienone is 2. The summed E-state index contributed by atoms with van der Waals surface area (Å²) in [5, 5.41) is 0. The highest BCUT2D eigenvalue weighted by atomic mass is 32.2. The van der Waals surface area contributed by atoms with Gasteiger partial charge in [-0.25, -0.2) is 8.60 Å². The van der Waals surface area contributed by atoms with E-state index in [1.54, 1.807) is 0 Å². The highest BCUT2D eigenvalue weighted by Crippen LogP contribution is 2.41. The molecule has 0 radical (unpaired) electrons. The van der Waals surface area contributed by atoms with E-state index >= 15 is 0 Å². The lowest BCUT2D eigenvalue weighted by Crippen LogP contribution is -2.02. The van der Waals surface area contributed by atoms with E-state index in [0.717, 1.165) is 41.5 Å². The van der Waals surface area contributed by atoms with E-state index in [1.165, 1.54) is 23.3 Å². The summed E-state index contributed by atoms with van der Waals surface area (Å²) in [5.74, 6) is -0.123. The Bertz CT molecular complexity index is 800. The van der Waals surface area contributed by atoms with Crippen LogP contribution < -0.4 is 5.73 Å². The van der Waals surface area contributed by atoms with Gasteiger partial charge in [-0.3, -0.25) is 0 Å². The monoisotopic (exact) mass is 345 g/mol. The molecule has 0 bridgehead atoms. The molecular formula is C19H20FNO2S. The lowest BCUT2D eigenvalue weighted by Gasteiger charge is -2.13. The average Bonchev–Trinajstić information content (AvgIpc) is 3.04. The standard InChI is InChI=1S/C19H20FNO2S/c20-16-8-9-18(15(10-16)11-21)19-3-1-2-17(19)14-6-4-13(5-7-14)12-24(22)23/h4-10H,1-3,11-12,21H2,(H,22,23). The molecule has 1 unspecified atom stereocenters. The first kappa shape index (κ1) is 17.0. The van der Waals surface area contributed by atoms with Crippen molar-refractivity contribution in [1.82, 2.24) is 0 Å². The second kappa shape index (κ2) is 7.38. The van der Waals surface area contributed by atoms with Crippen LogP contribution in [0, 0.1) is 5.82 Å². The van der Waals surface area contributed by atoms with Gasteiger partial charge in [0, 0.05) is 6.54 Å². The Balaban J connectivity index is 1.99. The summed E-state index contributed by atoms with van der Waals surface area (Å²) in [6.07, 6.45) is 2.99. The number of rotatable bonds is 5. The van der Waals surface area contributed by atoms with Gasteiger partial charge in [0.1, 0.15) is 5.82 Å². The molecule has 0 fully saturated rings. The zero-order valence-electron chi connectivity index (χ0n) is 13.3. The summed E-state index contributed by atoms with van der Waals surface area (Å²) in [5.41, 5.74) is 12.1. The molecular weight excluding hydrogens is 325 g/mol. The lowest BCUT2D eigenvalue weighted by atomic mass is 9.93. The van der Waals surface area contributed by atoms with Crippen molar-refractivity contribution in [3.05, 3.63) is 70.5 Å². The molecule has 3 nitrogen and oxygen atoms in total. The van der Waals surface area contributed by atoms with Crippen LogP contribution in [0.25, 0.3) is 11.1 Å². The summed E-state index contributed by atoms with van der Waals surface area (Å²) < 4.78 is 33.4. The number of hydrogen-bond donors (Lipinski definition) is 2. The minimum absolute atomic E-state index is 0.140. The fourth-order valence-electron chi connectivity index (χ4n) is 3.33. The van der Waals surface area contributed by atoms with Gasteiger partial charge in [0.2, 0.25) is 0 Å². The molecule has 5 heteroatoms. The van der Waals surface area contributed by atoms with Gasteiger partial charge in [0.05, 0.1) is 5.75 Å². The Kier molecular flexibility index (Phi) is 5.23. The topological polar surface area (TPSA) is 63.3 Å². The molecule has 3 rings (SSSR count). The Labute approximate surface area is 143 Å². The second-order valence-corrected chi connectivity index (χ2v) is 6.91. The van der Waals surface area contributed by atoms with Crippen molar-refractivity contribution in [2.45, 2.75) is 31.6 Å². The summed E-state index contributed by atoms with van der Waals surface area (Å²) in [4.78, 5) is 0. The van der Waals surface area contributed by atoms with Gasteiger partial charge in [0.25, 0.3) is 0 Å². The van der Waals surface area contributed by atoms with Gasteiger partial charge in [0.15, 0.2) is 11.1 Å². The molecule has 0 heterocycles. The predicted octanol–water partition coefficient (Wildman–Crippen LogP) is 4.10. The fourth-order valence-corrected chi connectivity index (χ4v) is 3.81. The second-order valence-electron chi connectivity index (χ2n) is 5.98. The van der Waals surface area contributed by atoms with Crippen LogP contribution in [0.5, 0.6) is 0 Å². The number of halogens is 1. The van der Waals surface area contributed by atoms with Crippen molar-refractivity contribution in [3.8, 4) is 0 Å². The van der Waals surface area contributed by atoms with E-state index in [0.29, 0.717) is 6.54 Å². The van der Waals surface area contributed by atoms with Crippen molar-refractivity contribution in [2.75, 3.05) is 0 Å². The van der Waals surface area contributed by atoms with E-state index in [4.69, 9.17) is 10.3 Å². The molecule has 1 atom stereocenters. The Morgan fingerprint density at radius 2 is 1.79 bits per heavy atom. The molecule has 1 aliphatic carbocycles. The molecule has 3 N–H and O–H groups in total. The molecule has 0 aromatic heterocycles. The minimum atomic E-state index is -1.83. The van der Waals surface area contributed by atoms with E-state index in [1.807, 2.05) is 30.3 Å². The maximum atomic E-state index is 13.5. The maximum Gasteiger partial charge on any atom is 0.157 e.